The Morgan fingerprint density at radius 3 is 2.61 bits per heavy atom. The van der Waals surface area contributed by atoms with Crippen molar-refractivity contribution in [1.82, 2.24) is 24.8 Å². The predicted molar refractivity (Wildman–Crippen MR) is 130 cm³/mol. The Morgan fingerprint density at radius 2 is 1.85 bits per heavy atom. The molecule has 0 unspecified atom stereocenters. The van der Waals surface area contributed by atoms with Gasteiger partial charge in [0.05, 0.1) is 5.69 Å². The van der Waals surface area contributed by atoms with E-state index in [0.29, 0.717) is 13.1 Å². The van der Waals surface area contributed by atoms with Gasteiger partial charge in [-0.2, -0.15) is 0 Å². The smallest absolute Gasteiger partial charge is 0.161 e. The Hall–Kier alpha value is -2.90. The third-order valence-corrected chi connectivity index (χ3v) is 6.27. The summed E-state index contributed by atoms with van der Waals surface area (Å²) < 4.78 is 14.2. The lowest BCUT2D eigenvalue weighted by atomic mass is 10.0. The zero-order chi connectivity index (χ0) is 23.0. The normalized spacial score (nSPS) is 13.8. The Balaban J connectivity index is 1.54. The van der Waals surface area contributed by atoms with E-state index in [1.807, 2.05) is 24.3 Å². The fourth-order valence-electron chi connectivity index (χ4n) is 4.30. The highest BCUT2D eigenvalue weighted by Crippen LogP contribution is 2.28. The Morgan fingerprint density at radius 1 is 1.06 bits per heavy atom. The fourth-order valence-corrected chi connectivity index (χ4v) is 4.30. The third kappa shape index (κ3) is 5.92. The minimum Gasteiger partial charge on any atom is -0.370 e. The van der Waals surface area contributed by atoms with Crippen LogP contribution in [-0.4, -0.2) is 57.5 Å². The number of pyridine rings is 1. The number of nitrogens with zero attached hydrogens (tertiary/aromatic N) is 5. The molecule has 0 atom stereocenters. The molecule has 0 spiro atoms. The van der Waals surface area contributed by atoms with E-state index >= 15 is 0 Å². The summed E-state index contributed by atoms with van der Waals surface area (Å²) in [7, 11) is 0. The molecule has 1 aliphatic heterocycles. The summed E-state index contributed by atoms with van der Waals surface area (Å²) in [6.45, 7) is 10.6. The van der Waals surface area contributed by atoms with Crippen molar-refractivity contribution in [3.05, 3.63) is 71.4 Å². The average molecular weight is 449 g/mol. The van der Waals surface area contributed by atoms with Gasteiger partial charge in [0, 0.05) is 61.7 Å². The molecule has 7 heteroatoms. The number of nitrogens with one attached hydrogen (secondary N) is 1. The van der Waals surface area contributed by atoms with E-state index in [1.165, 1.54) is 6.07 Å². The molecule has 3 heterocycles. The van der Waals surface area contributed by atoms with Crippen LogP contribution in [-0.2, 0) is 19.5 Å². The first-order valence-electron chi connectivity index (χ1n) is 11.9. The van der Waals surface area contributed by atoms with E-state index in [-0.39, 0.29) is 5.82 Å². The first kappa shape index (κ1) is 23.3. The number of fused-ring (bicyclic) bond motifs is 1. The van der Waals surface area contributed by atoms with E-state index < -0.39 is 0 Å². The molecule has 1 N–H and O–H groups in total. The van der Waals surface area contributed by atoms with Gasteiger partial charge < -0.3 is 10.2 Å². The van der Waals surface area contributed by atoms with Crippen molar-refractivity contribution in [2.24, 2.45) is 0 Å². The van der Waals surface area contributed by atoms with Gasteiger partial charge in [0.15, 0.2) is 5.82 Å². The molecule has 1 aliphatic rings. The Kier molecular flexibility index (Phi) is 7.96. The molecule has 174 valence electrons. The second-order valence-electron chi connectivity index (χ2n) is 8.42. The molecule has 0 aliphatic carbocycles. The van der Waals surface area contributed by atoms with Crippen molar-refractivity contribution in [1.29, 1.82) is 0 Å². The minimum atomic E-state index is -0.151. The van der Waals surface area contributed by atoms with Gasteiger partial charge in [0.2, 0.25) is 0 Å². The SMILES string of the molecule is CCN(CC)CCCNc1nc(-c2ccncc2)nc2c1CN(Cc1ccccc1F)CC2. The van der Waals surface area contributed by atoms with Gasteiger partial charge in [-0.05, 0) is 44.3 Å². The lowest BCUT2D eigenvalue weighted by molar-refractivity contribution is 0.240. The summed E-state index contributed by atoms with van der Waals surface area (Å²) in [4.78, 5) is 18.6. The lowest BCUT2D eigenvalue weighted by Gasteiger charge is -2.30. The van der Waals surface area contributed by atoms with Crippen LogP contribution in [0, 0.1) is 5.82 Å². The summed E-state index contributed by atoms with van der Waals surface area (Å²) in [5.41, 5.74) is 3.89. The molecule has 0 fully saturated rings. The van der Waals surface area contributed by atoms with E-state index in [4.69, 9.17) is 9.97 Å². The summed E-state index contributed by atoms with van der Waals surface area (Å²) in [6, 6.07) is 10.9. The first-order chi connectivity index (χ1) is 16.2. The molecule has 0 radical (unpaired) electrons. The van der Waals surface area contributed by atoms with Crippen LogP contribution < -0.4 is 5.32 Å². The van der Waals surface area contributed by atoms with Crippen LogP contribution in [0.15, 0.2) is 48.8 Å². The van der Waals surface area contributed by atoms with Crippen LogP contribution >= 0.6 is 0 Å². The summed E-state index contributed by atoms with van der Waals surface area (Å²) in [6.07, 6.45) is 5.40. The number of hydrogen-bond acceptors (Lipinski definition) is 6. The summed E-state index contributed by atoms with van der Waals surface area (Å²) >= 11 is 0. The van der Waals surface area contributed by atoms with Crippen molar-refractivity contribution >= 4 is 5.82 Å². The highest BCUT2D eigenvalue weighted by Gasteiger charge is 2.23. The molecule has 4 rings (SSSR count). The Bertz CT molecular complexity index is 1040. The molecule has 33 heavy (non-hydrogen) atoms. The molecule has 6 nitrogen and oxygen atoms in total. The van der Waals surface area contributed by atoms with Crippen LogP contribution in [0.5, 0.6) is 0 Å². The van der Waals surface area contributed by atoms with Crippen LogP contribution in [0.3, 0.4) is 0 Å². The van der Waals surface area contributed by atoms with Crippen molar-refractivity contribution in [2.45, 2.75) is 39.8 Å². The van der Waals surface area contributed by atoms with Crippen LogP contribution in [0.2, 0.25) is 0 Å². The Labute approximate surface area is 195 Å². The maximum Gasteiger partial charge on any atom is 0.161 e. The number of hydrogen-bond donors (Lipinski definition) is 1. The number of benzene rings is 1. The molecule has 0 amide bonds. The van der Waals surface area contributed by atoms with Crippen molar-refractivity contribution < 1.29 is 4.39 Å². The summed E-state index contributed by atoms with van der Waals surface area (Å²) in [5.74, 6) is 1.47. The monoisotopic (exact) mass is 448 g/mol. The molecular formula is C26H33FN6. The zero-order valence-corrected chi connectivity index (χ0v) is 19.6. The van der Waals surface area contributed by atoms with Gasteiger partial charge in [-0.25, -0.2) is 14.4 Å². The molecular weight excluding hydrogens is 415 g/mol. The van der Waals surface area contributed by atoms with Gasteiger partial charge in [-0.15, -0.1) is 0 Å². The van der Waals surface area contributed by atoms with E-state index in [1.54, 1.807) is 18.5 Å². The highest BCUT2D eigenvalue weighted by atomic mass is 19.1. The maximum absolute atomic E-state index is 14.2. The van der Waals surface area contributed by atoms with Gasteiger partial charge in [-0.3, -0.25) is 9.88 Å². The largest absolute Gasteiger partial charge is 0.370 e. The molecule has 3 aromatic rings. The molecule has 0 saturated heterocycles. The maximum atomic E-state index is 14.2. The quantitative estimate of drug-likeness (QED) is 0.465. The topological polar surface area (TPSA) is 57.2 Å². The van der Waals surface area contributed by atoms with E-state index in [0.717, 1.165) is 79.6 Å². The van der Waals surface area contributed by atoms with E-state index in [2.05, 4.69) is 33.9 Å². The highest BCUT2D eigenvalue weighted by molar-refractivity contribution is 5.59. The van der Waals surface area contributed by atoms with Gasteiger partial charge in [0.25, 0.3) is 0 Å². The number of anilines is 1. The zero-order valence-electron chi connectivity index (χ0n) is 19.6. The van der Waals surface area contributed by atoms with Gasteiger partial charge in [-0.1, -0.05) is 32.0 Å². The number of aromatic nitrogens is 3. The van der Waals surface area contributed by atoms with E-state index in [9.17, 15) is 4.39 Å². The lowest BCUT2D eigenvalue weighted by Crippen LogP contribution is -2.32. The molecule has 0 bridgehead atoms. The average Bonchev–Trinajstić information content (AvgIpc) is 2.86. The first-order valence-corrected chi connectivity index (χ1v) is 11.9. The van der Waals surface area contributed by atoms with Crippen molar-refractivity contribution in [3.63, 3.8) is 0 Å². The molecule has 0 saturated carbocycles. The van der Waals surface area contributed by atoms with Gasteiger partial charge >= 0.3 is 0 Å². The number of halogens is 1. The third-order valence-electron chi connectivity index (χ3n) is 6.27. The second-order valence-corrected chi connectivity index (χ2v) is 8.42. The van der Waals surface area contributed by atoms with Gasteiger partial charge in [0.1, 0.15) is 11.6 Å². The number of rotatable bonds is 10. The summed E-state index contributed by atoms with van der Waals surface area (Å²) in [5, 5.41) is 3.59. The minimum absolute atomic E-state index is 0.151. The van der Waals surface area contributed by atoms with Crippen molar-refractivity contribution in [2.75, 3.05) is 38.0 Å². The second kappa shape index (κ2) is 11.3. The molecule has 2 aromatic heterocycles. The van der Waals surface area contributed by atoms with Crippen molar-refractivity contribution in [3.8, 4) is 11.4 Å². The van der Waals surface area contributed by atoms with Crippen LogP contribution in [0.4, 0.5) is 10.2 Å². The van der Waals surface area contributed by atoms with Crippen LogP contribution in [0.1, 0.15) is 37.1 Å². The molecule has 1 aromatic carbocycles. The fraction of sp³-hybridized carbons (Fsp3) is 0.423. The standard InChI is InChI=1S/C26H33FN6/c1-3-32(4-2)16-7-13-29-26-22-19-33(18-21-8-5-6-9-23(21)27)17-12-24(22)30-25(31-26)20-10-14-28-15-11-20/h5-6,8-11,14-15H,3-4,7,12-13,16-19H2,1-2H3,(H,29,30,31). The predicted octanol–water partition coefficient (Wildman–Crippen LogP) is 4.38. The van der Waals surface area contributed by atoms with Crippen LogP contribution in [0.25, 0.3) is 11.4 Å².